The highest BCUT2D eigenvalue weighted by Crippen LogP contribution is 2.37. The first kappa shape index (κ1) is 30.9. The van der Waals surface area contributed by atoms with Crippen molar-refractivity contribution in [3.8, 4) is 22.8 Å². The van der Waals surface area contributed by atoms with E-state index in [0.29, 0.717) is 53.5 Å². The summed E-state index contributed by atoms with van der Waals surface area (Å²) in [7, 11) is 2.90. The second-order valence-corrected chi connectivity index (χ2v) is 10.4. The third kappa shape index (κ3) is 6.49. The maximum absolute atomic E-state index is 14.1. The first-order valence-corrected chi connectivity index (χ1v) is 13.8. The molecule has 1 N–H and O–H groups in total. The fourth-order valence-electron chi connectivity index (χ4n) is 5.32. The fourth-order valence-corrected chi connectivity index (χ4v) is 5.32. The summed E-state index contributed by atoms with van der Waals surface area (Å²) in [6, 6.07) is 11.7. The van der Waals surface area contributed by atoms with Gasteiger partial charge in [0, 0.05) is 62.5 Å². The molecule has 13 heteroatoms. The number of hydrogen-bond donors (Lipinski definition) is 1. The quantitative estimate of drug-likeness (QED) is 0.232. The van der Waals surface area contributed by atoms with E-state index in [1.165, 1.54) is 25.6 Å². The number of carbonyl (C=O) groups excluding carboxylic acids is 1. The van der Waals surface area contributed by atoms with Crippen molar-refractivity contribution >= 4 is 11.8 Å². The molecular weight excluding hydrogens is 576 g/mol. The molecule has 1 fully saturated rings. The molecule has 1 aromatic carbocycles. The first-order chi connectivity index (χ1) is 21.2. The van der Waals surface area contributed by atoms with Gasteiger partial charge in [0.05, 0.1) is 30.8 Å². The van der Waals surface area contributed by atoms with Crippen LogP contribution in [0.3, 0.4) is 0 Å². The highest BCUT2D eigenvalue weighted by atomic mass is 19.2. The second kappa shape index (κ2) is 13.4. The lowest BCUT2D eigenvalue weighted by molar-refractivity contribution is -0.155. The van der Waals surface area contributed by atoms with Gasteiger partial charge in [-0.3, -0.25) is 9.63 Å². The molecule has 1 aliphatic heterocycles. The minimum Gasteiger partial charge on any atom is -0.480 e. The average Bonchev–Trinajstić information content (AvgIpc) is 3.57. The molecular formula is C31H31F2N5O6. The molecule has 3 aromatic heterocycles. The minimum atomic E-state index is -1.21. The molecule has 1 saturated heterocycles. The Hall–Kier alpha value is -4.59. The van der Waals surface area contributed by atoms with Gasteiger partial charge in [-0.05, 0) is 36.8 Å². The number of hydrogen-bond acceptors (Lipinski definition) is 9. The molecule has 0 aliphatic carbocycles. The number of methoxy groups -OCH3 is 2. The van der Waals surface area contributed by atoms with Crippen LogP contribution >= 0.6 is 0 Å². The third-order valence-electron chi connectivity index (χ3n) is 7.47. The fraction of sp³-hybridized carbons (Fsp3) is 0.323. The number of para-hydroxylation sites is 1. The first-order valence-electron chi connectivity index (χ1n) is 13.8. The van der Waals surface area contributed by atoms with Gasteiger partial charge in [-0.1, -0.05) is 18.2 Å². The molecule has 0 radical (unpaired) electrons. The van der Waals surface area contributed by atoms with Crippen LogP contribution in [0.2, 0.25) is 0 Å². The SMILES string of the molecule is COCCN1C[C@@H](CC(=O)Cc2c(C)c(-c3cnc(OC)c(C(=O)O)c3)nn2-c2ccccc2)[C@H](c2cnc(F)c(F)c2)O1. The summed E-state index contributed by atoms with van der Waals surface area (Å²) in [6.45, 7) is 2.99. The lowest BCUT2D eigenvalue weighted by Gasteiger charge is -2.17. The number of rotatable bonds is 12. The predicted octanol–water partition coefficient (Wildman–Crippen LogP) is 4.38. The number of ketones is 1. The van der Waals surface area contributed by atoms with E-state index in [2.05, 4.69) is 9.97 Å². The van der Waals surface area contributed by atoms with E-state index in [1.807, 2.05) is 37.3 Å². The summed E-state index contributed by atoms with van der Waals surface area (Å²) < 4.78 is 39.5. The van der Waals surface area contributed by atoms with Crippen LogP contribution in [0.15, 0.2) is 54.9 Å². The van der Waals surface area contributed by atoms with Crippen molar-refractivity contribution in [2.75, 3.05) is 33.9 Å². The van der Waals surface area contributed by atoms with Gasteiger partial charge in [0.1, 0.15) is 17.5 Å². The van der Waals surface area contributed by atoms with Crippen LogP contribution in [-0.2, 0) is 20.8 Å². The molecule has 44 heavy (non-hydrogen) atoms. The minimum absolute atomic E-state index is 0.000415. The number of Topliss-reactive ketones (excluding diaryl/α,β-unsaturated/α-hetero) is 1. The summed E-state index contributed by atoms with van der Waals surface area (Å²) in [4.78, 5) is 39.2. The second-order valence-electron chi connectivity index (χ2n) is 10.4. The Balaban J connectivity index is 1.46. The number of halogens is 2. The van der Waals surface area contributed by atoms with Crippen LogP contribution in [0.1, 0.15) is 39.7 Å². The lowest BCUT2D eigenvalue weighted by atomic mass is 9.91. The molecule has 5 rings (SSSR count). The Bertz CT molecular complexity index is 1670. The van der Waals surface area contributed by atoms with Crippen molar-refractivity contribution in [3.05, 3.63) is 89.0 Å². The Morgan fingerprint density at radius 2 is 1.89 bits per heavy atom. The van der Waals surface area contributed by atoms with Crippen molar-refractivity contribution in [2.24, 2.45) is 5.92 Å². The normalized spacial score (nSPS) is 16.8. The number of carboxylic acid groups (broad SMARTS) is 1. The molecule has 230 valence electrons. The van der Waals surface area contributed by atoms with Gasteiger partial charge in [0.2, 0.25) is 11.8 Å². The van der Waals surface area contributed by atoms with Gasteiger partial charge >= 0.3 is 5.97 Å². The van der Waals surface area contributed by atoms with Crippen molar-refractivity contribution in [2.45, 2.75) is 25.9 Å². The molecule has 1 aliphatic rings. The lowest BCUT2D eigenvalue weighted by Crippen LogP contribution is -2.24. The number of nitrogens with zero attached hydrogens (tertiary/aromatic N) is 5. The van der Waals surface area contributed by atoms with Gasteiger partial charge in [0.25, 0.3) is 0 Å². The Morgan fingerprint density at radius 3 is 2.57 bits per heavy atom. The van der Waals surface area contributed by atoms with Crippen molar-refractivity contribution < 1.29 is 37.8 Å². The number of hydroxylamine groups is 2. The largest absolute Gasteiger partial charge is 0.480 e. The number of pyridine rings is 2. The molecule has 0 bridgehead atoms. The zero-order chi connectivity index (χ0) is 31.4. The van der Waals surface area contributed by atoms with Crippen LogP contribution in [0.4, 0.5) is 8.78 Å². The van der Waals surface area contributed by atoms with Gasteiger partial charge < -0.3 is 14.6 Å². The van der Waals surface area contributed by atoms with E-state index >= 15 is 0 Å². The van der Waals surface area contributed by atoms with E-state index in [4.69, 9.17) is 19.4 Å². The van der Waals surface area contributed by atoms with Crippen LogP contribution < -0.4 is 4.74 Å². The maximum Gasteiger partial charge on any atom is 0.341 e. The molecule has 11 nitrogen and oxygen atoms in total. The molecule has 0 amide bonds. The molecule has 0 unspecified atom stereocenters. The van der Waals surface area contributed by atoms with Crippen molar-refractivity contribution in [1.82, 2.24) is 24.8 Å². The molecule has 0 spiro atoms. The maximum atomic E-state index is 14.1. The van der Waals surface area contributed by atoms with Gasteiger partial charge in [-0.2, -0.15) is 14.6 Å². The summed E-state index contributed by atoms with van der Waals surface area (Å²) in [5.41, 5.74) is 3.14. The molecule has 2 atom stereocenters. The Labute approximate surface area is 252 Å². The van der Waals surface area contributed by atoms with Crippen molar-refractivity contribution in [1.29, 1.82) is 0 Å². The highest BCUT2D eigenvalue weighted by Gasteiger charge is 2.37. The zero-order valence-electron chi connectivity index (χ0n) is 24.4. The number of aromatic nitrogens is 4. The molecule has 4 heterocycles. The number of aromatic carboxylic acids is 1. The van der Waals surface area contributed by atoms with Crippen LogP contribution in [-0.4, -0.2) is 75.6 Å². The molecule has 0 saturated carbocycles. The molecule has 4 aromatic rings. The summed E-state index contributed by atoms with van der Waals surface area (Å²) >= 11 is 0. The number of carbonyl (C=O) groups is 2. The van der Waals surface area contributed by atoms with Gasteiger partial charge in [-0.25, -0.2) is 23.8 Å². The van der Waals surface area contributed by atoms with Crippen LogP contribution in [0.25, 0.3) is 16.9 Å². The summed E-state index contributed by atoms with van der Waals surface area (Å²) in [5.74, 6) is -4.03. The van der Waals surface area contributed by atoms with Gasteiger partial charge in [0.15, 0.2) is 5.82 Å². The Morgan fingerprint density at radius 1 is 1.11 bits per heavy atom. The van der Waals surface area contributed by atoms with Gasteiger partial charge in [-0.15, -0.1) is 0 Å². The van der Waals surface area contributed by atoms with E-state index in [-0.39, 0.29) is 36.0 Å². The van der Waals surface area contributed by atoms with Crippen molar-refractivity contribution in [3.63, 3.8) is 0 Å². The number of ether oxygens (including phenoxy) is 2. The monoisotopic (exact) mass is 607 g/mol. The van der Waals surface area contributed by atoms with Crippen LogP contribution in [0.5, 0.6) is 5.88 Å². The van der Waals surface area contributed by atoms with E-state index in [0.717, 1.165) is 6.07 Å². The smallest absolute Gasteiger partial charge is 0.341 e. The van der Waals surface area contributed by atoms with E-state index in [9.17, 15) is 23.5 Å². The summed E-state index contributed by atoms with van der Waals surface area (Å²) in [5, 5.41) is 16.1. The zero-order valence-corrected chi connectivity index (χ0v) is 24.4. The topological polar surface area (TPSA) is 129 Å². The average molecular weight is 608 g/mol. The summed E-state index contributed by atoms with van der Waals surface area (Å²) in [6.07, 6.45) is 2.06. The number of carboxylic acids is 1. The predicted molar refractivity (Wildman–Crippen MR) is 153 cm³/mol. The van der Waals surface area contributed by atoms with E-state index in [1.54, 1.807) is 16.9 Å². The van der Waals surface area contributed by atoms with E-state index < -0.39 is 23.8 Å². The highest BCUT2D eigenvalue weighted by molar-refractivity contribution is 5.92. The van der Waals surface area contributed by atoms with Crippen LogP contribution in [0, 0.1) is 24.6 Å². The Kier molecular flexibility index (Phi) is 9.37. The number of benzene rings is 1. The standard InChI is InChI=1S/C31H31F2N5O6/c1-18-26(14-23(39)11-21-17-37(9-10-42-2)44-28(21)20-13-25(32)29(33)34-16-20)38(22-7-5-4-6-8-22)36-27(18)19-12-24(31(40)41)30(43-3)35-15-19/h4-8,12-13,15-16,21,28H,9-11,14,17H2,1-3H3,(H,40,41)/t21-,28+/m1/s1. The third-order valence-corrected chi connectivity index (χ3v) is 7.47.